The van der Waals surface area contributed by atoms with Gasteiger partial charge in [-0.3, -0.25) is 0 Å². The highest BCUT2D eigenvalue weighted by Gasteiger charge is 2.27. The van der Waals surface area contributed by atoms with E-state index in [-0.39, 0.29) is 10.9 Å². The molecule has 2 N–H and O–H groups in total. The van der Waals surface area contributed by atoms with Crippen LogP contribution in [0.3, 0.4) is 0 Å². The molecule has 0 radical (unpaired) electrons. The second-order valence-corrected chi connectivity index (χ2v) is 6.90. The first-order valence-electron chi connectivity index (χ1n) is 6.35. The Kier molecular flexibility index (Phi) is 4.10. The summed E-state index contributed by atoms with van der Waals surface area (Å²) >= 11 is 0. The predicted molar refractivity (Wildman–Crippen MR) is 70.5 cm³/mol. The van der Waals surface area contributed by atoms with Gasteiger partial charge in [-0.25, -0.2) is 22.3 Å². The normalized spacial score (nSPS) is 22.9. The van der Waals surface area contributed by atoms with Gasteiger partial charge in [0.05, 0.1) is 10.5 Å². The first-order chi connectivity index (χ1) is 9.29. The van der Waals surface area contributed by atoms with E-state index >= 15 is 0 Å². The average molecular weight is 301 g/mol. The number of carboxylic acids is 1. The number of hydrogen-bond donors (Lipinski definition) is 2. The van der Waals surface area contributed by atoms with Crippen molar-refractivity contribution in [2.45, 2.75) is 37.1 Å². The first-order valence-corrected chi connectivity index (χ1v) is 7.83. The van der Waals surface area contributed by atoms with Crippen molar-refractivity contribution < 1.29 is 22.7 Å². The van der Waals surface area contributed by atoms with Gasteiger partial charge in [-0.2, -0.15) is 0 Å². The van der Waals surface area contributed by atoms with E-state index in [9.17, 15) is 17.6 Å². The van der Waals surface area contributed by atoms with Gasteiger partial charge in [0.15, 0.2) is 0 Å². The molecule has 0 spiro atoms. The van der Waals surface area contributed by atoms with Crippen LogP contribution in [-0.4, -0.2) is 25.5 Å². The summed E-state index contributed by atoms with van der Waals surface area (Å²) in [7, 11) is -3.82. The topological polar surface area (TPSA) is 83.5 Å². The quantitative estimate of drug-likeness (QED) is 0.891. The molecule has 2 atom stereocenters. The number of sulfonamides is 1. The van der Waals surface area contributed by atoms with E-state index in [0.29, 0.717) is 5.92 Å². The van der Waals surface area contributed by atoms with Crippen LogP contribution in [0.5, 0.6) is 0 Å². The summed E-state index contributed by atoms with van der Waals surface area (Å²) in [5, 5.41) is 8.82. The lowest BCUT2D eigenvalue weighted by Crippen LogP contribution is -2.33. The maximum absolute atomic E-state index is 13.3. The number of nitrogens with one attached hydrogen (secondary N) is 1. The lowest BCUT2D eigenvalue weighted by molar-refractivity contribution is 0.0691. The van der Waals surface area contributed by atoms with Crippen molar-refractivity contribution >= 4 is 16.0 Å². The van der Waals surface area contributed by atoms with E-state index in [2.05, 4.69) is 11.6 Å². The van der Waals surface area contributed by atoms with Crippen molar-refractivity contribution in [3.8, 4) is 0 Å². The summed E-state index contributed by atoms with van der Waals surface area (Å²) in [6.07, 6.45) is 2.47. The van der Waals surface area contributed by atoms with Crippen LogP contribution in [0, 0.1) is 11.7 Å². The molecule has 2 rings (SSSR count). The molecule has 7 heteroatoms. The predicted octanol–water partition coefficient (Wildman–Crippen LogP) is 1.99. The SMILES string of the molecule is CC1CCC(NS(=O)(=O)c2ccc(F)c(C(=O)O)c2)C1. The fourth-order valence-corrected chi connectivity index (χ4v) is 3.75. The molecule has 0 saturated heterocycles. The maximum atomic E-state index is 13.3. The molecule has 0 heterocycles. The Morgan fingerprint density at radius 1 is 1.40 bits per heavy atom. The summed E-state index contributed by atoms with van der Waals surface area (Å²) in [6.45, 7) is 2.05. The lowest BCUT2D eigenvalue weighted by atomic mass is 10.1. The molecule has 20 heavy (non-hydrogen) atoms. The molecule has 2 unspecified atom stereocenters. The summed E-state index contributed by atoms with van der Waals surface area (Å²) in [4.78, 5) is 10.6. The zero-order chi connectivity index (χ0) is 14.9. The van der Waals surface area contributed by atoms with E-state index in [4.69, 9.17) is 5.11 Å². The summed E-state index contributed by atoms with van der Waals surface area (Å²) in [6, 6.07) is 2.63. The molecule has 0 aliphatic heterocycles. The van der Waals surface area contributed by atoms with Crippen molar-refractivity contribution in [3.63, 3.8) is 0 Å². The summed E-state index contributed by atoms with van der Waals surface area (Å²) in [5.41, 5.74) is -0.646. The Balaban J connectivity index is 2.25. The molecule has 1 fully saturated rings. The number of aromatic carboxylic acids is 1. The highest BCUT2D eigenvalue weighted by molar-refractivity contribution is 7.89. The van der Waals surface area contributed by atoms with E-state index in [1.165, 1.54) is 0 Å². The van der Waals surface area contributed by atoms with Crippen molar-refractivity contribution in [2.75, 3.05) is 0 Å². The van der Waals surface area contributed by atoms with Crippen LogP contribution >= 0.6 is 0 Å². The van der Waals surface area contributed by atoms with Crippen LogP contribution in [-0.2, 0) is 10.0 Å². The van der Waals surface area contributed by atoms with E-state index in [1.807, 2.05) is 0 Å². The fraction of sp³-hybridized carbons (Fsp3) is 0.462. The summed E-state index contributed by atoms with van der Waals surface area (Å²) in [5.74, 6) is -1.98. The minimum atomic E-state index is -3.82. The highest BCUT2D eigenvalue weighted by atomic mass is 32.2. The largest absolute Gasteiger partial charge is 0.478 e. The zero-order valence-corrected chi connectivity index (χ0v) is 11.8. The van der Waals surface area contributed by atoms with Gasteiger partial charge < -0.3 is 5.11 Å². The Hall–Kier alpha value is -1.47. The third kappa shape index (κ3) is 3.16. The molecule has 1 saturated carbocycles. The second kappa shape index (κ2) is 5.49. The van der Waals surface area contributed by atoms with Crippen LogP contribution in [0.4, 0.5) is 4.39 Å². The van der Waals surface area contributed by atoms with Gasteiger partial charge in [0, 0.05) is 6.04 Å². The lowest BCUT2D eigenvalue weighted by Gasteiger charge is -2.13. The number of carboxylic acid groups (broad SMARTS) is 1. The van der Waals surface area contributed by atoms with Crippen LogP contribution < -0.4 is 4.72 Å². The van der Waals surface area contributed by atoms with Gasteiger partial charge in [0.25, 0.3) is 0 Å². The molecule has 1 aliphatic rings. The van der Waals surface area contributed by atoms with Crippen LogP contribution in [0.1, 0.15) is 36.5 Å². The third-order valence-electron chi connectivity index (χ3n) is 3.50. The van der Waals surface area contributed by atoms with Crippen LogP contribution in [0.2, 0.25) is 0 Å². The Morgan fingerprint density at radius 3 is 2.65 bits per heavy atom. The molecule has 0 aromatic heterocycles. The smallest absolute Gasteiger partial charge is 0.338 e. The Labute approximate surface area is 116 Å². The zero-order valence-electron chi connectivity index (χ0n) is 11.0. The second-order valence-electron chi connectivity index (χ2n) is 5.18. The van der Waals surface area contributed by atoms with E-state index in [0.717, 1.165) is 37.5 Å². The third-order valence-corrected chi connectivity index (χ3v) is 5.01. The fourth-order valence-electron chi connectivity index (χ4n) is 2.44. The molecule has 0 amide bonds. The standard InChI is InChI=1S/C13H16FNO4S/c1-8-2-3-9(6-8)15-20(18,19)10-4-5-12(14)11(7-10)13(16)17/h4-5,7-9,15H,2-3,6H2,1H3,(H,16,17). The Morgan fingerprint density at radius 2 is 2.10 bits per heavy atom. The molecule has 1 aromatic carbocycles. The van der Waals surface area contributed by atoms with Crippen molar-refractivity contribution in [1.82, 2.24) is 4.72 Å². The van der Waals surface area contributed by atoms with Gasteiger partial charge in [-0.05, 0) is 43.4 Å². The van der Waals surface area contributed by atoms with E-state index < -0.39 is 27.4 Å². The highest BCUT2D eigenvalue weighted by Crippen LogP contribution is 2.26. The maximum Gasteiger partial charge on any atom is 0.338 e. The molecule has 5 nitrogen and oxygen atoms in total. The molecular formula is C13H16FNO4S. The van der Waals surface area contributed by atoms with Crippen molar-refractivity contribution in [1.29, 1.82) is 0 Å². The monoisotopic (exact) mass is 301 g/mol. The minimum absolute atomic E-state index is 0.145. The number of carbonyl (C=O) groups is 1. The molecular weight excluding hydrogens is 285 g/mol. The molecule has 0 bridgehead atoms. The van der Waals surface area contributed by atoms with Gasteiger partial charge in [-0.1, -0.05) is 6.92 Å². The number of halogens is 1. The van der Waals surface area contributed by atoms with Crippen molar-refractivity contribution in [2.24, 2.45) is 5.92 Å². The van der Waals surface area contributed by atoms with Gasteiger partial charge in [0.1, 0.15) is 5.82 Å². The van der Waals surface area contributed by atoms with Crippen LogP contribution in [0.25, 0.3) is 0 Å². The number of benzene rings is 1. The molecule has 110 valence electrons. The molecule has 1 aliphatic carbocycles. The average Bonchev–Trinajstić information content (AvgIpc) is 2.73. The number of rotatable bonds is 4. The van der Waals surface area contributed by atoms with Crippen LogP contribution in [0.15, 0.2) is 23.1 Å². The Bertz CT molecular complexity index is 629. The molecule has 1 aromatic rings. The van der Waals surface area contributed by atoms with Crippen molar-refractivity contribution in [3.05, 3.63) is 29.6 Å². The van der Waals surface area contributed by atoms with E-state index in [1.54, 1.807) is 0 Å². The van der Waals surface area contributed by atoms with Gasteiger partial charge in [-0.15, -0.1) is 0 Å². The number of hydrogen-bond acceptors (Lipinski definition) is 3. The van der Waals surface area contributed by atoms with Gasteiger partial charge >= 0.3 is 5.97 Å². The first kappa shape index (κ1) is 14.9. The summed E-state index contributed by atoms with van der Waals surface area (Å²) < 4.78 is 40.1. The minimum Gasteiger partial charge on any atom is -0.478 e. The van der Waals surface area contributed by atoms with Gasteiger partial charge in [0.2, 0.25) is 10.0 Å².